The molecular formula is C16H20N2O3S2. The Hall–Kier alpha value is -1.70. The molecule has 0 aliphatic heterocycles. The van der Waals surface area contributed by atoms with E-state index < -0.39 is 10.0 Å². The summed E-state index contributed by atoms with van der Waals surface area (Å²) in [6, 6.07) is 7.79. The van der Waals surface area contributed by atoms with Crippen LogP contribution in [0.2, 0.25) is 0 Å². The molecule has 0 spiro atoms. The van der Waals surface area contributed by atoms with E-state index in [-0.39, 0.29) is 16.8 Å². The number of rotatable bonds is 6. The van der Waals surface area contributed by atoms with Gasteiger partial charge in [0.05, 0.1) is 4.90 Å². The van der Waals surface area contributed by atoms with Crippen LogP contribution in [0.25, 0.3) is 0 Å². The summed E-state index contributed by atoms with van der Waals surface area (Å²) in [6.07, 6.45) is 0. The van der Waals surface area contributed by atoms with Gasteiger partial charge in [-0.25, -0.2) is 13.1 Å². The second-order valence-corrected chi connectivity index (χ2v) is 8.09. The van der Waals surface area contributed by atoms with E-state index in [1.807, 2.05) is 16.8 Å². The minimum atomic E-state index is -3.54. The molecule has 1 amide bonds. The van der Waals surface area contributed by atoms with Gasteiger partial charge in [-0.15, -0.1) is 0 Å². The highest BCUT2D eigenvalue weighted by atomic mass is 32.2. The first-order valence-electron chi connectivity index (χ1n) is 7.18. The summed E-state index contributed by atoms with van der Waals surface area (Å²) in [5.41, 5.74) is 1.54. The predicted octanol–water partition coefficient (Wildman–Crippen LogP) is 2.71. The second-order valence-electron chi connectivity index (χ2n) is 5.59. The first-order valence-corrected chi connectivity index (χ1v) is 9.61. The maximum atomic E-state index is 12.4. The molecule has 1 N–H and O–H groups in total. The van der Waals surface area contributed by atoms with Crippen molar-refractivity contribution in [3.63, 3.8) is 0 Å². The Balaban J connectivity index is 2.11. The van der Waals surface area contributed by atoms with Gasteiger partial charge in [0.25, 0.3) is 5.91 Å². The summed E-state index contributed by atoms with van der Waals surface area (Å²) >= 11 is 1.59. The quantitative estimate of drug-likeness (QED) is 0.869. The Kier molecular flexibility index (Phi) is 5.56. The fourth-order valence-electron chi connectivity index (χ4n) is 2.10. The monoisotopic (exact) mass is 352 g/mol. The van der Waals surface area contributed by atoms with Crippen LogP contribution in [0.15, 0.2) is 46.0 Å². The highest BCUT2D eigenvalue weighted by Crippen LogP contribution is 2.14. The Morgan fingerprint density at radius 1 is 1.22 bits per heavy atom. The van der Waals surface area contributed by atoms with Gasteiger partial charge in [-0.05, 0) is 60.5 Å². The molecule has 0 atom stereocenters. The number of nitrogens with zero attached hydrogens (tertiary/aromatic N) is 1. The topological polar surface area (TPSA) is 66.5 Å². The summed E-state index contributed by atoms with van der Waals surface area (Å²) in [4.78, 5) is 14.1. The lowest BCUT2D eigenvalue weighted by Crippen LogP contribution is -2.30. The highest BCUT2D eigenvalue weighted by Gasteiger charge is 2.17. The van der Waals surface area contributed by atoms with E-state index >= 15 is 0 Å². The molecule has 0 bridgehead atoms. The van der Waals surface area contributed by atoms with Gasteiger partial charge < -0.3 is 4.90 Å². The van der Waals surface area contributed by atoms with Gasteiger partial charge in [0, 0.05) is 25.2 Å². The van der Waals surface area contributed by atoms with Gasteiger partial charge in [0.15, 0.2) is 0 Å². The van der Waals surface area contributed by atoms with Crippen molar-refractivity contribution in [3.05, 3.63) is 52.2 Å². The molecule has 5 nitrogen and oxygen atoms in total. The van der Waals surface area contributed by atoms with Crippen molar-refractivity contribution in [3.8, 4) is 0 Å². The van der Waals surface area contributed by atoms with Crippen LogP contribution in [0.3, 0.4) is 0 Å². The van der Waals surface area contributed by atoms with Gasteiger partial charge in [0.2, 0.25) is 10.0 Å². The van der Waals surface area contributed by atoms with E-state index in [0.717, 1.165) is 5.56 Å². The molecule has 0 unspecified atom stereocenters. The zero-order valence-corrected chi connectivity index (χ0v) is 14.9. The number of sulfonamides is 1. The largest absolute Gasteiger partial charge is 0.337 e. The molecule has 0 aliphatic carbocycles. The SMILES string of the molecule is CC(C)NS(=O)(=O)c1ccc(C(=O)N(C)Cc2ccsc2)cc1. The average molecular weight is 352 g/mol. The van der Waals surface area contributed by atoms with Crippen molar-refractivity contribution in [2.45, 2.75) is 31.3 Å². The summed E-state index contributed by atoms with van der Waals surface area (Å²) < 4.78 is 26.6. The number of carbonyl (C=O) groups is 1. The molecule has 1 aromatic heterocycles. The van der Waals surface area contributed by atoms with E-state index in [1.165, 1.54) is 12.1 Å². The fraction of sp³-hybridized carbons (Fsp3) is 0.312. The Morgan fingerprint density at radius 2 is 1.87 bits per heavy atom. The van der Waals surface area contributed by atoms with E-state index in [1.54, 1.807) is 49.3 Å². The Morgan fingerprint density at radius 3 is 2.39 bits per heavy atom. The molecule has 23 heavy (non-hydrogen) atoms. The van der Waals surface area contributed by atoms with E-state index in [2.05, 4.69) is 4.72 Å². The van der Waals surface area contributed by atoms with Crippen molar-refractivity contribution in [1.29, 1.82) is 0 Å². The molecule has 7 heteroatoms. The summed E-state index contributed by atoms with van der Waals surface area (Å²) in [5, 5.41) is 3.96. The van der Waals surface area contributed by atoms with Crippen molar-refractivity contribution in [1.82, 2.24) is 9.62 Å². The zero-order valence-electron chi connectivity index (χ0n) is 13.3. The maximum Gasteiger partial charge on any atom is 0.253 e. The van der Waals surface area contributed by atoms with Crippen molar-refractivity contribution < 1.29 is 13.2 Å². The lowest BCUT2D eigenvalue weighted by molar-refractivity contribution is 0.0785. The molecule has 1 aromatic carbocycles. The van der Waals surface area contributed by atoms with Crippen LogP contribution in [-0.4, -0.2) is 32.3 Å². The number of nitrogens with one attached hydrogen (secondary N) is 1. The van der Waals surface area contributed by atoms with Crippen LogP contribution >= 0.6 is 11.3 Å². The molecule has 1 heterocycles. The van der Waals surface area contributed by atoms with Crippen LogP contribution in [0.4, 0.5) is 0 Å². The second kappa shape index (κ2) is 7.25. The number of benzene rings is 1. The number of hydrogen-bond acceptors (Lipinski definition) is 4. The molecule has 0 radical (unpaired) electrons. The zero-order chi connectivity index (χ0) is 17.0. The van der Waals surface area contributed by atoms with Gasteiger partial charge in [0.1, 0.15) is 0 Å². The smallest absolute Gasteiger partial charge is 0.253 e. The summed E-state index contributed by atoms with van der Waals surface area (Å²) in [7, 11) is -1.81. The first-order chi connectivity index (χ1) is 10.8. The van der Waals surface area contributed by atoms with E-state index in [0.29, 0.717) is 12.1 Å². The molecule has 0 saturated carbocycles. The van der Waals surface area contributed by atoms with Crippen molar-refractivity contribution >= 4 is 27.3 Å². The Bertz CT molecular complexity index is 751. The standard InChI is InChI=1S/C16H20N2O3S2/c1-12(2)17-23(20,21)15-6-4-14(5-7-15)16(19)18(3)10-13-8-9-22-11-13/h4-9,11-12,17H,10H2,1-3H3. The summed E-state index contributed by atoms with van der Waals surface area (Å²) in [5.74, 6) is -0.142. The Labute approximate surface area is 141 Å². The van der Waals surface area contributed by atoms with E-state index in [4.69, 9.17) is 0 Å². The third kappa shape index (κ3) is 4.63. The lowest BCUT2D eigenvalue weighted by Gasteiger charge is -2.17. The maximum absolute atomic E-state index is 12.4. The van der Waals surface area contributed by atoms with Crippen molar-refractivity contribution in [2.75, 3.05) is 7.05 Å². The fourth-order valence-corrected chi connectivity index (χ4v) is 4.01. The lowest BCUT2D eigenvalue weighted by atomic mass is 10.2. The number of hydrogen-bond donors (Lipinski definition) is 1. The van der Waals surface area contributed by atoms with Gasteiger partial charge >= 0.3 is 0 Å². The van der Waals surface area contributed by atoms with Crippen LogP contribution < -0.4 is 4.72 Å². The molecule has 2 rings (SSSR count). The molecule has 2 aromatic rings. The highest BCUT2D eigenvalue weighted by molar-refractivity contribution is 7.89. The molecule has 0 fully saturated rings. The number of amides is 1. The van der Waals surface area contributed by atoms with E-state index in [9.17, 15) is 13.2 Å². The van der Waals surface area contributed by atoms with Crippen LogP contribution in [-0.2, 0) is 16.6 Å². The van der Waals surface area contributed by atoms with Crippen LogP contribution in [0.1, 0.15) is 29.8 Å². The van der Waals surface area contributed by atoms with Gasteiger partial charge in [-0.1, -0.05) is 0 Å². The molecule has 0 saturated heterocycles. The molecule has 0 aliphatic rings. The number of thiophene rings is 1. The molecule has 124 valence electrons. The number of carbonyl (C=O) groups excluding carboxylic acids is 1. The normalized spacial score (nSPS) is 11.7. The first kappa shape index (κ1) is 17.7. The minimum Gasteiger partial charge on any atom is -0.337 e. The average Bonchev–Trinajstić information content (AvgIpc) is 2.98. The van der Waals surface area contributed by atoms with Crippen LogP contribution in [0.5, 0.6) is 0 Å². The third-order valence-electron chi connectivity index (χ3n) is 3.15. The minimum absolute atomic E-state index is 0.142. The van der Waals surface area contributed by atoms with Crippen molar-refractivity contribution in [2.24, 2.45) is 0 Å². The van der Waals surface area contributed by atoms with Crippen LogP contribution in [0, 0.1) is 0 Å². The molecular weight excluding hydrogens is 332 g/mol. The third-order valence-corrected chi connectivity index (χ3v) is 5.56. The summed E-state index contributed by atoms with van der Waals surface area (Å²) in [6.45, 7) is 4.04. The van der Waals surface area contributed by atoms with Gasteiger partial charge in [-0.2, -0.15) is 11.3 Å². The predicted molar refractivity (Wildman–Crippen MR) is 92.0 cm³/mol. The van der Waals surface area contributed by atoms with Gasteiger partial charge in [-0.3, -0.25) is 4.79 Å².